The minimum Gasteiger partial charge on any atom is -0.497 e. The normalized spacial score (nSPS) is 13.8. The highest BCUT2D eigenvalue weighted by Gasteiger charge is 2.29. The van der Waals surface area contributed by atoms with E-state index in [9.17, 15) is 4.79 Å². The molecule has 128 valence electrons. The van der Waals surface area contributed by atoms with Gasteiger partial charge in [-0.1, -0.05) is 17.3 Å². The van der Waals surface area contributed by atoms with Crippen molar-refractivity contribution >= 4 is 0 Å². The minimum absolute atomic E-state index is 0.109. The Morgan fingerprint density at radius 3 is 2.76 bits per heavy atom. The number of pyridine rings is 1. The molecule has 1 aromatic carbocycles. The molecule has 0 aliphatic heterocycles. The second kappa shape index (κ2) is 6.55. The first-order valence-corrected chi connectivity index (χ1v) is 8.41. The van der Waals surface area contributed by atoms with Crippen molar-refractivity contribution < 1.29 is 9.26 Å². The highest BCUT2D eigenvalue weighted by atomic mass is 16.5. The van der Waals surface area contributed by atoms with E-state index in [-0.39, 0.29) is 5.56 Å². The van der Waals surface area contributed by atoms with Crippen LogP contribution < -0.4 is 10.3 Å². The lowest BCUT2D eigenvalue weighted by atomic mass is 10.1. The molecular weight excluding hydrogens is 318 g/mol. The highest BCUT2D eigenvalue weighted by Crippen LogP contribution is 2.38. The molecule has 0 N–H and O–H groups in total. The van der Waals surface area contributed by atoms with Gasteiger partial charge < -0.3 is 13.8 Å². The van der Waals surface area contributed by atoms with Crippen LogP contribution in [0.1, 0.15) is 30.1 Å². The lowest BCUT2D eigenvalue weighted by Gasteiger charge is -2.07. The smallest absolute Gasteiger partial charge is 0.263 e. The molecule has 1 aliphatic carbocycles. The van der Waals surface area contributed by atoms with Crippen molar-refractivity contribution in [2.24, 2.45) is 0 Å². The molecule has 0 bridgehead atoms. The molecule has 1 aliphatic rings. The molecule has 1 fully saturated rings. The summed E-state index contributed by atoms with van der Waals surface area (Å²) in [4.78, 5) is 17.1. The van der Waals surface area contributed by atoms with E-state index in [0.717, 1.165) is 30.6 Å². The highest BCUT2D eigenvalue weighted by molar-refractivity contribution is 5.50. The molecule has 1 saturated carbocycles. The molecule has 6 nitrogen and oxygen atoms in total. The summed E-state index contributed by atoms with van der Waals surface area (Å²) in [6.07, 6.45) is 4.73. The Bertz CT molecular complexity index is 924. The summed E-state index contributed by atoms with van der Waals surface area (Å²) in [6, 6.07) is 11.4. The summed E-state index contributed by atoms with van der Waals surface area (Å²) in [6.45, 7) is 0.586. The Hall–Kier alpha value is -2.89. The van der Waals surface area contributed by atoms with Crippen molar-refractivity contribution in [2.75, 3.05) is 7.11 Å². The maximum Gasteiger partial charge on any atom is 0.263 e. The molecule has 2 aromatic heterocycles. The third kappa shape index (κ3) is 3.33. The zero-order valence-electron chi connectivity index (χ0n) is 14.0. The van der Waals surface area contributed by atoms with E-state index in [2.05, 4.69) is 10.1 Å². The molecule has 0 saturated heterocycles. The Morgan fingerprint density at radius 1 is 1.24 bits per heavy atom. The number of hydrogen-bond acceptors (Lipinski definition) is 5. The van der Waals surface area contributed by atoms with Gasteiger partial charge in [0.1, 0.15) is 11.3 Å². The lowest BCUT2D eigenvalue weighted by Crippen LogP contribution is -2.22. The molecule has 0 unspecified atom stereocenters. The van der Waals surface area contributed by atoms with Crippen LogP contribution in [0.5, 0.6) is 5.75 Å². The second-order valence-corrected chi connectivity index (χ2v) is 6.25. The fraction of sp³-hybridized carbons (Fsp3) is 0.316. The van der Waals surface area contributed by atoms with Crippen LogP contribution in [0, 0.1) is 0 Å². The van der Waals surface area contributed by atoms with E-state index < -0.39 is 0 Å². The topological polar surface area (TPSA) is 70.2 Å². The van der Waals surface area contributed by atoms with Gasteiger partial charge in [-0.05, 0) is 49.1 Å². The van der Waals surface area contributed by atoms with Gasteiger partial charge in [-0.2, -0.15) is 4.98 Å². The number of aromatic nitrogens is 3. The molecule has 0 amide bonds. The maximum atomic E-state index is 12.7. The van der Waals surface area contributed by atoms with E-state index in [1.165, 1.54) is 0 Å². The SMILES string of the molecule is COc1ccc(CCn2cccc(-c3nc(C4CC4)no3)c2=O)cc1. The Kier molecular flexibility index (Phi) is 4.09. The van der Waals surface area contributed by atoms with E-state index in [0.29, 0.717) is 29.7 Å². The molecule has 0 radical (unpaired) electrons. The van der Waals surface area contributed by atoms with Gasteiger partial charge >= 0.3 is 0 Å². The van der Waals surface area contributed by atoms with Crippen LogP contribution in [-0.2, 0) is 13.0 Å². The quantitative estimate of drug-likeness (QED) is 0.691. The predicted octanol–water partition coefficient (Wildman–Crippen LogP) is 3.03. The van der Waals surface area contributed by atoms with Gasteiger partial charge in [-0.25, -0.2) is 0 Å². The lowest BCUT2D eigenvalue weighted by molar-refractivity contribution is 0.414. The van der Waals surface area contributed by atoms with Crippen molar-refractivity contribution in [3.05, 3.63) is 64.3 Å². The van der Waals surface area contributed by atoms with Crippen LogP contribution in [-0.4, -0.2) is 21.8 Å². The zero-order valence-corrected chi connectivity index (χ0v) is 14.0. The number of nitrogens with zero attached hydrogens (tertiary/aromatic N) is 3. The largest absolute Gasteiger partial charge is 0.497 e. The first-order chi connectivity index (χ1) is 12.2. The summed E-state index contributed by atoms with van der Waals surface area (Å²) in [5.41, 5.74) is 1.49. The van der Waals surface area contributed by atoms with Crippen molar-refractivity contribution in [1.29, 1.82) is 0 Å². The third-order valence-electron chi connectivity index (χ3n) is 4.44. The summed E-state index contributed by atoms with van der Waals surface area (Å²) in [7, 11) is 1.65. The summed E-state index contributed by atoms with van der Waals surface area (Å²) in [5.74, 6) is 2.25. The monoisotopic (exact) mass is 337 g/mol. The number of hydrogen-bond donors (Lipinski definition) is 0. The van der Waals surface area contributed by atoms with Gasteiger partial charge in [0.05, 0.1) is 7.11 Å². The maximum absolute atomic E-state index is 12.7. The van der Waals surface area contributed by atoms with Gasteiger partial charge in [0.15, 0.2) is 5.82 Å². The number of rotatable bonds is 6. The van der Waals surface area contributed by atoms with E-state index in [4.69, 9.17) is 9.26 Å². The van der Waals surface area contributed by atoms with Crippen molar-refractivity contribution in [3.8, 4) is 17.2 Å². The van der Waals surface area contributed by atoms with Gasteiger partial charge in [-0.3, -0.25) is 4.79 Å². The Morgan fingerprint density at radius 2 is 2.04 bits per heavy atom. The summed E-state index contributed by atoms with van der Waals surface area (Å²) >= 11 is 0. The van der Waals surface area contributed by atoms with Crippen LogP contribution in [0.25, 0.3) is 11.5 Å². The van der Waals surface area contributed by atoms with Crippen LogP contribution in [0.4, 0.5) is 0 Å². The van der Waals surface area contributed by atoms with E-state index in [1.807, 2.05) is 30.3 Å². The summed E-state index contributed by atoms with van der Waals surface area (Å²) < 4.78 is 12.1. The second-order valence-electron chi connectivity index (χ2n) is 6.25. The average molecular weight is 337 g/mol. The molecule has 0 atom stereocenters. The van der Waals surface area contributed by atoms with Gasteiger partial charge in [0.25, 0.3) is 11.4 Å². The van der Waals surface area contributed by atoms with Gasteiger partial charge in [0, 0.05) is 18.7 Å². The number of ether oxygens (including phenoxy) is 1. The summed E-state index contributed by atoms with van der Waals surface area (Å²) in [5, 5.41) is 3.99. The molecule has 0 spiro atoms. The molecule has 3 aromatic rings. The van der Waals surface area contributed by atoms with Crippen molar-refractivity contribution in [2.45, 2.75) is 31.7 Å². The molecule has 25 heavy (non-hydrogen) atoms. The van der Waals surface area contributed by atoms with Crippen LogP contribution in [0.2, 0.25) is 0 Å². The van der Waals surface area contributed by atoms with Gasteiger partial charge in [0.2, 0.25) is 0 Å². The number of benzene rings is 1. The average Bonchev–Trinajstić information content (AvgIpc) is 3.39. The molecule has 4 rings (SSSR count). The zero-order chi connectivity index (χ0) is 17.2. The Labute approximate surface area is 145 Å². The van der Waals surface area contributed by atoms with Crippen molar-refractivity contribution in [1.82, 2.24) is 14.7 Å². The number of aryl methyl sites for hydroxylation is 2. The van der Waals surface area contributed by atoms with E-state index >= 15 is 0 Å². The Balaban J connectivity index is 1.52. The molecular formula is C19H19N3O3. The molecule has 2 heterocycles. The fourth-order valence-electron chi connectivity index (χ4n) is 2.77. The standard InChI is InChI=1S/C19H19N3O3/c1-24-15-8-4-13(5-9-15)10-12-22-11-2-3-16(19(22)23)18-20-17(21-25-18)14-6-7-14/h2-5,8-9,11,14H,6-7,10,12H2,1H3. The van der Waals surface area contributed by atoms with Crippen LogP contribution in [0.3, 0.4) is 0 Å². The van der Waals surface area contributed by atoms with E-state index in [1.54, 1.807) is 23.9 Å². The first kappa shape index (κ1) is 15.6. The number of methoxy groups -OCH3 is 1. The predicted molar refractivity (Wildman–Crippen MR) is 92.7 cm³/mol. The first-order valence-electron chi connectivity index (χ1n) is 8.41. The van der Waals surface area contributed by atoms with Crippen LogP contribution in [0.15, 0.2) is 51.9 Å². The molecule has 6 heteroatoms. The van der Waals surface area contributed by atoms with Crippen molar-refractivity contribution in [3.63, 3.8) is 0 Å². The third-order valence-corrected chi connectivity index (χ3v) is 4.44. The van der Waals surface area contributed by atoms with Gasteiger partial charge in [-0.15, -0.1) is 0 Å². The fourth-order valence-corrected chi connectivity index (χ4v) is 2.77. The van der Waals surface area contributed by atoms with Crippen LogP contribution >= 0.6 is 0 Å². The minimum atomic E-state index is -0.109.